The Balaban J connectivity index is 1.24. The normalized spacial score (nSPS) is 24.9. The fourth-order valence-electron chi connectivity index (χ4n) is 8.90. The molecule has 5 heterocycles. The number of aromatic nitrogens is 2. The van der Waals surface area contributed by atoms with Crippen LogP contribution >= 0.6 is 11.6 Å². The van der Waals surface area contributed by atoms with Crippen molar-refractivity contribution in [3.05, 3.63) is 76.3 Å². The van der Waals surface area contributed by atoms with Gasteiger partial charge in [0.25, 0.3) is 5.91 Å². The molecule has 3 atom stereocenters. The van der Waals surface area contributed by atoms with E-state index in [1.165, 1.54) is 11.0 Å². The highest BCUT2D eigenvalue weighted by atomic mass is 35.5. The fraction of sp³-hybridized carbons (Fsp3) is 0.514. The lowest BCUT2D eigenvalue weighted by atomic mass is 9.81. The maximum Gasteiger partial charge on any atom is 0.318 e. The molecule has 0 saturated carbocycles. The van der Waals surface area contributed by atoms with Crippen molar-refractivity contribution in [1.29, 1.82) is 0 Å². The first-order valence-electron chi connectivity index (χ1n) is 17.0. The standard InChI is InChI=1S/C37H42ClF2N7O2/c1-23-15-37(20-36(3,4)21-46(37)17-23)22-49-35-42-29-19-44(30-8-6-7-25-9-10-28(40)32(38)31(25)30)12-11-27(29)33(43-35)45-13-14-47(34(48)24(2)39)26(18-45)16-41-5/h6-10,23,26H,2,11-22H2,1,3-4H3/t23?,26-,37?/m0/s1. The number of hydrogen-bond donors (Lipinski definition) is 0. The van der Waals surface area contributed by atoms with Crippen molar-refractivity contribution in [2.24, 2.45) is 11.3 Å². The molecule has 0 spiro atoms. The molecule has 0 aliphatic carbocycles. The topological polar surface area (TPSA) is 69.4 Å². The van der Waals surface area contributed by atoms with Gasteiger partial charge in [-0.05, 0) is 48.1 Å². The molecule has 0 radical (unpaired) electrons. The van der Waals surface area contributed by atoms with Crippen molar-refractivity contribution in [2.45, 2.75) is 58.2 Å². The van der Waals surface area contributed by atoms with Gasteiger partial charge in [0.2, 0.25) is 6.54 Å². The van der Waals surface area contributed by atoms with Gasteiger partial charge in [-0.3, -0.25) is 9.69 Å². The molecule has 2 aromatic carbocycles. The number of benzene rings is 2. The zero-order valence-corrected chi connectivity index (χ0v) is 29.1. The van der Waals surface area contributed by atoms with Crippen LogP contribution in [0.3, 0.4) is 0 Å². The number of fused-ring (bicyclic) bond motifs is 3. The molecule has 3 fully saturated rings. The number of ether oxygens (including phenoxy) is 1. The maximum atomic E-state index is 14.7. The van der Waals surface area contributed by atoms with Crippen molar-refractivity contribution in [3.8, 4) is 6.01 Å². The average molecular weight is 690 g/mol. The van der Waals surface area contributed by atoms with Gasteiger partial charge in [-0.2, -0.15) is 9.97 Å². The van der Waals surface area contributed by atoms with E-state index in [4.69, 9.17) is 32.9 Å². The van der Waals surface area contributed by atoms with Crippen LogP contribution in [-0.2, 0) is 17.8 Å². The minimum Gasteiger partial charge on any atom is -0.461 e. The first kappa shape index (κ1) is 33.5. The van der Waals surface area contributed by atoms with Crippen molar-refractivity contribution in [1.82, 2.24) is 19.8 Å². The van der Waals surface area contributed by atoms with Gasteiger partial charge in [-0.25, -0.2) is 15.4 Å². The molecular weight excluding hydrogens is 648 g/mol. The van der Waals surface area contributed by atoms with E-state index in [1.807, 2.05) is 18.2 Å². The van der Waals surface area contributed by atoms with E-state index < -0.39 is 23.6 Å². The number of piperazine rings is 1. The van der Waals surface area contributed by atoms with Gasteiger partial charge < -0.3 is 24.3 Å². The number of hydrogen-bond acceptors (Lipinski definition) is 7. The summed E-state index contributed by atoms with van der Waals surface area (Å²) in [6.07, 6.45) is 2.68. The molecule has 1 aromatic heterocycles. The monoisotopic (exact) mass is 689 g/mol. The zero-order valence-electron chi connectivity index (χ0n) is 28.3. The van der Waals surface area contributed by atoms with Gasteiger partial charge >= 0.3 is 6.01 Å². The predicted octanol–water partition coefficient (Wildman–Crippen LogP) is 6.29. The van der Waals surface area contributed by atoms with Gasteiger partial charge in [0, 0.05) is 55.9 Å². The Kier molecular flexibility index (Phi) is 8.68. The summed E-state index contributed by atoms with van der Waals surface area (Å²) in [4.78, 5) is 34.5. The lowest BCUT2D eigenvalue weighted by Gasteiger charge is -2.41. The lowest BCUT2D eigenvalue weighted by molar-refractivity contribution is -0.131. The van der Waals surface area contributed by atoms with Crippen molar-refractivity contribution >= 4 is 39.8 Å². The Morgan fingerprint density at radius 2 is 1.98 bits per heavy atom. The van der Waals surface area contributed by atoms with Crippen molar-refractivity contribution in [3.63, 3.8) is 0 Å². The Bertz CT molecular complexity index is 1860. The highest BCUT2D eigenvalue weighted by molar-refractivity contribution is 6.36. The molecule has 0 bridgehead atoms. The highest BCUT2D eigenvalue weighted by Crippen LogP contribution is 2.49. The van der Waals surface area contributed by atoms with E-state index in [1.54, 1.807) is 6.07 Å². The van der Waals surface area contributed by atoms with Crippen LogP contribution in [0.1, 0.15) is 44.9 Å². The third kappa shape index (κ3) is 6.18. The molecule has 9 nitrogen and oxygen atoms in total. The van der Waals surface area contributed by atoms with Crippen LogP contribution in [-0.4, -0.2) is 89.7 Å². The minimum absolute atomic E-state index is 0.0324. The summed E-state index contributed by atoms with van der Waals surface area (Å²) in [6, 6.07) is 8.71. The molecule has 0 N–H and O–H groups in total. The summed E-state index contributed by atoms with van der Waals surface area (Å²) in [5, 5.41) is 1.61. The molecule has 4 aliphatic heterocycles. The number of anilines is 2. The SMILES string of the molecule is [C-]#[N+]C[C@H]1CN(c2nc(OCC34CC(C)CN3CC(C)(C)C4)nc3c2CCN(c2cccc4ccc(F)c(Cl)c24)C3)CCN1C(=O)C(=C)F. The second kappa shape index (κ2) is 12.7. The lowest BCUT2D eigenvalue weighted by Crippen LogP contribution is -2.57. The first-order chi connectivity index (χ1) is 23.4. The number of rotatable bonds is 7. The van der Waals surface area contributed by atoms with Crippen LogP contribution in [0.15, 0.2) is 42.7 Å². The van der Waals surface area contributed by atoms with Gasteiger partial charge in [-0.15, -0.1) is 0 Å². The number of amides is 1. The van der Waals surface area contributed by atoms with Crippen LogP contribution in [0.5, 0.6) is 6.01 Å². The second-order valence-corrected chi connectivity index (χ2v) is 15.4. The molecule has 4 aliphatic rings. The fourth-order valence-corrected chi connectivity index (χ4v) is 9.17. The third-order valence-corrected chi connectivity index (χ3v) is 11.1. The largest absolute Gasteiger partial charge is 0.461 e. The molecule has 2 unspecified atom stereocenters. The number of carbonyl (C=O) groups is 1. The van der Waals surface area contributed by atoms with Crippen molar-refractivity contribution < 1.29 is 18.3 Å². The highest BCUT2D eigenvalue weighted by Gasteiger charge is 2.54. The van der Waals surface area contributed by atoms with E-state index in [9.17, 15) is 13.6 Å². The molecule has 3 aromatic rings. The molecular formula is C37H42ClF2N7O2. The van der Waals surface area contributed by atoms with Gasteiger partial charge in [0.1, 0.15) is 24.3 Å². The first-order valence-corrected chi connectivity index (χ1v) is 17.4. The minimum atomic E-state index is -1.03. The Morgan fingerprint density at radius 1 is 1.16 bits per heavy atom. The summed E-state index contributed by atoms with van der Waals surface area (Å²) < 4.78 is 35.2. The Morgan fingerprint density at radius 3 is 2.76 bits per heavy atom. The summed E-state index contributed by atoms with van der Waals surface area (Å²) in [6.45, 7) is 22.2. The number of carbonyl (C=O) groups excluding carboxylic acids is 1. The summed E-state index contributed by atoms with van der Waals surface area (Å²) in [5.74, 6) is -0.992. The summed E-state index contributed by atoms with van der Waals surface area (Å²) in [5.41, 5.74) is 2.70. The smallest absolute Gasteiger partial charge is 0.318 e. The summed E-state index contributed by atoms with van der Waals surface area (Å²) >= 11 is 6.54. The van der Waals surface area contributed by atoms with Gasteiger partial charge in [-0.1, -0.05) is 57.2 Å². The van der Waals surface area contributed by atoms with E-state index in [0.29, 0.717) is 56.3 Å². The van der Waals surface area contributed by atoms with Crippen LogP contribution in [0, 0.1) is 23.7 Å². The van der Waals surface area contributed by atoms with Crippen LogP contribution in [0.25, 0.3) is 15.6 Å². The predicted molar refractivity (Wildman–Crippen MR) is 187 cm³/mol. The molecule has 7 rings (SSSR count). The summed E-state index contributed by atoms with van der Waals surface area (Å²) in [7, 11) is 0. The molecule has 49 heavy (non-hydrogen) atoms. The van der Waals surface area contributed by atoms with E-state index in [0.717, 1.165) is 48.3 Å². The van der Waals surface area contributed by atoms with Gasteiger partial charge in [0.05, 0.1) is 22.8 Å². The van der Waals surface area contributed by atoms with Gasteiger partial charge in [0.15, 0.2) is 5.83 Å². The van der Waals surface area contributed by atoms with E-state index in [-0.39, 0.29) is 35.1 Å². The van der Waals surface area contributed by atoms with E-state index >= 15 is 0 Å². The van der Waals surface area contributed by atoms with E-state index in [2.05, 4.69) is 46.9 Å². The molecule has 258 valence electrons. The number of halogens is 3. The molecule has 3 saturated heterocycles. The molecule has 12 heteroatoms. The Labute approximate surface area is 291 Å². The zero-order chi connectivity index (χ0) is 34.7. The second-order valence-electron chi connectivity index (χ2n) is 15.1. The van der Waals surface area contributed by atoms with Crippen LogP contribution in [0.4, 0.5) is 20.3 Å². The average Bonchev–Trinajstić information content (AvgIpc) is 3.50. The van der Waals surface area contributed by atoms with Crippen molar-refractivity contribution in [2.75, 3.05) is 62.2 Å². The van der Waals surface area contributed by atoms with Crippen LogP contribution in [0.2, 0.25) is 5.02 Å². The maximum absolute atomic E-state index is 14.7. The third-order valence-electron chi connectivity index (χ3n) is 10.7. The molecule has 1 amide bonds. The Hall–Kier alpha value is -4.01. The quantitative estimate of drug-likeness (QED) is 0.213. The number of nitrogens with zero attached hydrogens (tertiary/aromatic N) is 7. The van der Waals surface area contributed by atoms with Crippen LogP contribution < -0.4 is 14.5 Å².